The fourth-order valence-corrected chi connectivity index (χ4v) is 9.21. The number of carbonyl (C=O) groups excluding carboxylic acids is 7. The minimum atomic E-state index is -1.57. The molecule has 0 spiro atoms. The Kier molecular flexibility index (Phi) is 22.0. The maximum atomic E-state index is 15.0. The van der Waals surface area contributed by atoms with Crippen LogP contribution in [0.4, 0.5) is 0 Å². The van der Waals surface area contributed by atoms with Crippen molar-refractivity contribution in [2.75, 3.05) is 7.11 Å². The number of phenols is 7. The number of phenolic OH excluding ortho intramolecular Hbond substituents is 7. The molecule has 15 N–H and O–H groups in total. The molecule has 7 aromatic rings. The number of amides is 6. The van der Waals surface area contributed by atoms with Crippen LogP contribution in [-0.2, 0) is 83.2 Å². The number of nitrogens with one attached hydrogen (secondary N) is 6. The zero-order chi connectivity index (χ0) is 61.9. The number of aromatic hydroxyl groups is 7. The summed E-state index contributed by atoms with van der Waals surface area (Å²) in [5.74, 6) is -6.57. The van der Waals surface area contributed by atoms with Crippen molar-refractivity contribution in [3.05, 3.63) is 209 Å². The third-order valence-electron chi connectivity index (χ3n) is 14.0. The van der Waals surface area contributed by atoms with Crippen molar-refractivity contribution in [2.24, 2.45) is 5.73 Å². The van der Waals surface area contributed by atoms with Gasteiger partial charge in [-0.05, 0) is 130 Å². The van der Waals surface area contributed by atoms with Gasteiger partial charge in [0, 0.05) is 38.5 Å². The van der Waals surface area contributed by atoms with Gasteiger partial charge < -0.3 is 78.1 Å². The number of rotatable bonds is 27. The van der Waals surface area contributed by atoms with Crippen molar-refractivity contribution in [2.45, 2.75) is 87.2 Å². The Hall–Kier alpha value is -10.6. The van der Waals surface area contributed by atoms with Gasteiger partial charge in [0.15, 0.2) is 0 Å². The molecule has 0 fully saturated rings. The van der Waals surface area contributed by atoms with Crippen molar-refractivity contribution in [1.29, 1.82) is 0 Å². The number of esters is 1. The fraction of sp³-hybridized carbons (Fsp3) is 0.234. The van der Waals surface area contributed by atoms with Gasteiger partial charge in [0.1, 0.15) is 76.5 Å². The smallest absolute Gasteiger partial charge is 0.328 e. The van der Waals surface area contributed by atoms with Crippen molar-refractivity contribution in [3.8, 4) is 40.2 Å². The Balaban J connectivity index is 1.19. The summed E-state index contributed by atoms with van der Waals surface area (Å²) < 4.78 is 5.01. The van der Waals surface area contributed by atoms with Gasteiger partial charge in [0.05, 0.1) is 13.2 Å². The van der Waals surface area contributed by atoms with Crippen LogP contribution in [0.2, 0.25) is 0 Å². The predicted molar refractivity (Wildman–Crippen MR) is 314 cm³/mol. The molecule has 0 saturated carbocycles. The Morgan fingerprint density at radius 2 is 0.453 bits per heavy atom. The van der Waals surface area contributed by atoms with Gasteiger partial charge in [0.25, 0.3) is 0 Å². The highest BCUT2D eigenvalue weighted by molar-refractivity contribution is 5.97. The second kappa shape index (κ2) is 30.1. The molecule has 0 heterocycles. The summed E-state index contributed by atoms with van der Waals surface area (Å²) in [4.78, 5) is 101. The molecule has 7 aromatic carbocycles. The number of hydrogen-bond acceptors (Lipinski definition) is 16. The quantitative estimate of drug-likeness (QED) is 0.0329. The molecule has 0 aliphatic carbocycles. The molecule has 86 heavy (non-hydrogen) atoms. The Bertz CT molecular complexity index is 3420. The van der Waals surface area contributed by atoms with E-state index in [0.29, 0.717) is 38.9 Å². The van der Waals surface area contributed by atoms with E-state index >= 15 is 4.79 Å². The van der Waals surface area contributed by atoms with Crippen LogP contribution in [0, 0.1) is 0 Å². The van der Waals surface area contributed by atoms with Crippen molar-refractivity contribution >= 4 is 41.4 Å². The maximum absolute atomic E-state index is 15.0. The standard InChI is InChI=1S/C64H67N7O15/c1-86-64(85)57(36-43-14-28-50(78)29-15-43)71-63(84)56(35-42-12-26-49(77)27-13-42)70-62(83)55(34-41-10-24-48(76)25-11-41)69-61(82)54(33-40-8-22-47(75)23-9-40)68-60(81)53(32-39-6-20-46(74)21-7-39)67-59(80)52(31-38-4-18-45(73)19-5-38)66-58(79)51(65)30-37-2-16-44(72)17-3-37/h2-29,51-57,72-78H,30-36,65H2,1H3,(H,66,79)(H,67,80)(H,68,81)(H,69,82)(H,70,83)(H,71,84). The van der Waals surface area contributed by atoms with Crippen molar-refractivity contribution in [1.82, 2.24) is 31.9 Å². The highest BCUT2D eigenvalue weighted by Crippen LogP contribution is 2.20. The van der Waals surface area contributed by atoms with E-state index in [9.17, 15) is 64.5 Å². The monoisotopic (exact) mass is 1170 g/mol. The van der Waals surface area contributed by atoms with Gasteiger partial charge in [-0.1, -0.05) is 84.9 Å². The van der Waals surface area contributed by atoms with E-state index in [0.717, 1.165) is 7.11 Å². The number of carbonyl (C=O) groups is 7. The highest BCUT2D eigenvalue weighted by atomic mass is 16.5. The summed E-state index contributed by atoms with van der Waals surface area (Å²) >= 11 is 0. The maximum Gasteiger partial charge on any atom is 0.328 e. The van der Waals surface area contributed by atoms with E-state index in [2.05, 4.69) is 31.9 Å². The highest BCUT2D eigenvalue weighted by Gasteiger charge is 2.35. The average Bonchev–Trinajstić information content (AvgIpc) is 3.68. The molecule has 0 saturated heterocycles. The summed E-state index contributed by atoms with van der Waals surface area (Å²) in [5, 5.41) is 86.6. The molecule has 6 amide bonds. The van der Waals surface area contributed by atoms with Gasteiger partial charge in [-0.3, -0.25) is 28.8 Å². The van der Waals surface area contributed by atoms with Gasteiger partial charge in [-0.15, -0.1) is 0 Å². The second-order valence-electron chi connectivity index (χ2n) is 20.6. The Morgan fingerprint density at radius 3 is 0.651 bits per heavy atom. The van der Waals surface area contributed by atoms with Gasteiger partial charge >= 0.3 is 5.97 Å². The van der Waals surface area contributed by atoms with Crippen LogP contribution in [0.3, 0.4) is 0 Å². The first-order valence-electron chi connectivity index (χ1n) is 27.3. The summed E-state index contributed by atoms with van der Waals surface area (Å²) in [5.41, 5.74) is 9.73. The van der Waals surface area contributed by atoms with Crippen LogP contribution in [-0.4, -0.2) is 127 Å². The van der Waals surface area contributed by atoms with Crippen LogP contribution >= 0.6 is 0 Å². The van der Waals surface area contributed by atoms with Gasteiger partial charge in [0.2, 0.25) is 35.4 Å². The lowest BCUT2D eigenvalue weighted by molar-refractivity contribution is -0.145. The topological polar surface area (TPSA) is 369 Å². The molecule has 0 aromatic heterocycles. The summed E-state index contributed by atoms with van der Waals surface area (Å²) in [6, 6.07) is 30.7. The van der Waals surface area contributed by atoms with Crippen molar-refractivity contribution in [3.63, 3.8) is 0 Å². The van der Waals surface area contributed by atoms with Crippen LogP contribution < -0.4 is 37.6 Å². The first-order valence-corrected chi connectivity index (χ1v) is 27.3. The molecule has 448 valence electrons. The Labute approximate surface area is 494 Å². The lowest BCUT2D eigenvalue weighted by Gasteiger charge is -2.28. The molecular weight excluding hydrogens is 1110 g/mol. The molecule has 22 nitrogen and oxygen atoms in total. The number of methoxy groups -OCH3 is 1. The van der Waals surface area contributed by atoms with E-state index in [1.165, 1.54) is 146 Å². The normalized spacial score (nSPS) is 13.4. The third kappa shape index (κ3) is 19.2. The number of ether oxygens (including phenoxy) is 1. The number of hydrogen-bond donors (Lipinski definition) is 14. The van der Waals surface area contributed by atoms with Gasteiger partial charge in [-0.2, -0.15) is 0 Å². The molecule has 0 aliphatic heterocycles. The van der Waals surface area contributed by atoms with Gasteiger partial charge in [-0.25, -0.2) is 4.79 Å². The Morgan fingerprint density at radius 1 is 0.291 bits per heavy atom. The minimum Gasteiger partial charge on any atom is -0.508 e. The fourth-order valence-electron chi connectivity index (χ4n) is 9.21. The third-order valence-corrected chi connectivity index (χ3v) is 14.0. The van der Waals surface area contributed by atoms with Crippen molar-refractivity contribution < 1.29 is 74.0 Å². The number of benzene rings is 7. The zero-order valence-electron chi connectivity index (χ0n) is 46.6. The molecule has 7 unspecified atom stereocenters. The van der Waals surface area contributed by atoms with Crippen LogP contribution in [0.5, 0.6) is 40.2 Å². The average molecular weight is 1170 g/mol. The SMILES string of the molecule is COC(=O)C(Cc1ccc(O)cc1)NC(=O)C(Cc1ccc(O)cc1)NC(=O)C(Cc1ccc(O)cc1)NC(=O)C(Cc1ccc(O)cc1)NC(=O)C(Cc1ccc(O)cc1)NC(=O)C(Cc1ccc(O)cc1)NC(=O)C(N)Cc1ccc(O)cc1. The summed E-state index contributed by atoms with van der Waals surface area (Å²) in [6.45, 7) is 0. The molecule has 0 radical (unpaired) electrons. The molecular formula is C64H67N7O15. The van der Waals surface area contributed by atoms with Crippen LogP contribution in [0.15, 0.2) is 170 Å². The van der Waals surface area contributed by atoms with E-state index in [1.807, 2.05) is 0 Å². The van der Waals surface area contributed by atoms with Crippen LogP contribution in [0.25, 0.3) is 0 Å². The van der Waals surface area contributed by atoms with E-state index in [1.54, 1.807) is 24.3 Å². The van der Waals surface area contributed by atoms with Crippen LogP contribution in [0.1, 0.15) is 38.9 Å². The van der Waals surface area contributed by atoms with E-state index < -0.39 is 83.7 Å². The zero-order valence-corrected chi connectivity index (χ0v) is 46.6. The molecule has 7 rings (SSSR count). The lowest BCUT2D eigenvalue weighted by Crippen LogP contribution is -2.61. The molecule has 22 heteroatoms. The molecule has 0 bridgehead atoms. The second-order valence-corrected chi connectivity index (χ2v) is 20.6. The summed E-state index contributed by atoms with van der Waals surface area (Å²) in [7, 11) is 1.13. The largest absolute Gasteiger partial charge is 0.508 e. The minimum absolute atomic E-state index is 0.00163. The number of nitrogens with two attached hydrogens (primary N) is 1. The molecule has 7 atom stereocenters. The first-order chi connectivity index (χ1) is 41.2. The molecule has 0 aliphatic rings. The first kappa shape index (κ1) is 63.0. The van der Waals surface area contributed by atoms with E-state index in [4.69, 9.17) is 10.5 Å². The van der Waals surface area contributed by atoms with E-state index in [-0.39, 0.29) is 85.2 Å². The lowest BCUT2D eigenvalue weighted by atomic mass is 9.99. The predicted octanol–water partition coefficient (Wildman–Crippen LogP) is 3.03. The summed E-state index contributed by atoms with van der Waals surface area (Å²) in [6.07, 6.45) is -1.20.